The van der Waals surface area contributed by atoms with Crippen molar-refractivity contribution >= 4 is 23.3 Å². The fraction of sp³-hybridized carbons (Fsp3) is 0.364. The summed E-state index contributed by atoms with van der Waals surface area (Å²) in [6, 6.07) is 1.49. The Morgan fingerprint density at radius 2 is 2.17 bits per heavy atom. The monoisotopic (exact) mass is 249 g/mol. The third-order valence-electron chi connectivity index (χ3n) is 2.80. The first-order valence-electron chi connectivity index (χ1n) is 5.71. The predicted octanol–water partition coefficient (Wildman–Crippen LogP) is 0.856. The summed E-state index contributed by atoms with van der Waals surface area (Å²) in [4.78, 5) is 17.2. The van der Waals surface area contributed by atoms with Crippen LogP contribution < -0.4 is 10.6 Å². The molecule has 0 aliphatic rings. The van der Waals surface area contributed by atoms with Gasteiger partial charge in [-0.25, -0.2) is 9.31 Å². The van der Waals surface area contributed by atoms with Crippen LogP contribution in [0.3, 0.4) is 0 Å². The van der Waals surface area contributed by atoms with Gasteiger partial charge in [-0.2, -0.15) is 4.98 Å². The van der Waals surface area contributed by atoms with Crippen LogP contribution in [0.4, 0.5) is 11.6 Å². The van der Waals surface area contributed by atoms with Crippen LogP contribution in [0.15, 0.2) is 12.3 Å². The number of carbonyl (C=O) groups is 1. The van der Waals surface area contributed by atoms with Crippen molar-refractivity contribution in [2.24, 2.45) is 0 Å². The van der Waals surface area contributed by atoms with Gasteiger partial charge in [0.1, 0.15) is 0 Å². The summed E-state index contributed by atoms with van der Waals surface area (Å²) in [5.74, 6) is -0.857. The molecule has 2 rings (SSSR count). The third-order valence-corrected chi connectivity index (χ3v) is 2.80. The van der Waals surface area contributed by atoms with Gasteiger partial charge in [-0.3, -0.25) is 0 Å². The molecule has 0 saturated heterocycles. The predicted molar refractivity (Wildman–Crippen MR) is 67.9 cm³/mol. The maximum absolute atomic E-state index is 11.3. The smallest absolute Gasteiger partial charge is 0.338 e. The van der Waals surface area contributed by atoms with Gasteiger partial charge in [0.25, 0.3) is 0 Å². The van der Waals surface area contributed by atoms with Gasteiger partial charge >= 0.3 is 5.97 Å². The van der Waals surface area contributed by atoms with Gasteiger partial charge in [0.15, 0.2) is 5.65 Å². The van der Waals surface area contributed by atoms with Crippen molar-refractivity contribution in [3.8, 4) is 0 Å². The molecule has 7 nitrogen and oxygen atoms in total. The van der Waals surface area contributed by atoms with Crippen molar-refractivity contribution in [2.75, 3.05) is 23.7 Å². The summed E-state index contributed by atoms with van der Waals surface area (Å²) in [5, 5.41) is 13.2. The second kappa shape index (κ2) is 4.52. The second-order valence-corrected chi connectivity index (χ2v) is 3.82. The van der Waals surface area contributed by atoms with Crippen LogP contribution in [0.25, 0.3) is 5.65 Å². The summed E-state index contributed by atoms with van der Waals surface area (Å²) in [6.45, 7) is 5.36. The number of fused-ring (bicyclic) bond motifs is 1. The van der Waals surface area contributed by atoms with E-state index in [4.69, 9.17) is 5.73 Å². The minimum atomic E-state index is -0.985. The molecule has 0 atom stereocenters. The number of nitrogens with two attached hydrogens (primary N) is 1. The van der Waals surface area contributed by atoms with Crippen molar-refractivity contribution in [3.63, 3.8) is 0 Å². The number of pyridine rings is 1. The van der Waals surface area contributed by atoms with Crippen molar-refractivity contribution < 1.29 is 9.90 Å². The molecule has 0 saturated carbocycles. The Morgan fingerprint density at radius 1 is 1.50 bits per heavy atom. The minimum Gasteiger partial charge on any atom is -0.478 e. The first-order valence-corrected chi connectivity index (χ1v) is 5.71. The van der Waals surface area contributed by atoms with E-state index < -0.39 is 5.97 Å². The maximum Gasteiger partial charge on any atom is 0.338 e. The van der Waals surface area contributed by atoms with Crippen LogP contribution in [0.1, 0.15) is 24.2 Å². The summed E-state index contributed by atoms with van der Waals surface area (Å²) in [5.41, 5.74) is 6.76. The lowest BCUT2D eigenvalue weighted by Gasteiger charge is -2.22. The van der Waals surface area contributed by atoms with E-state index in [0.717, 1.165) is 0 Å². The number of nitrogen functional groups attached to an aromatic ring is 1. The Bertz CT molecular complexity index is 588. The fourth-order valence-electron chi connectivity index (χ4n) is 1.92. The third kappa shape index (κ3) is 1.94. The highest BCUT2D eigenvalue weighted by molar-refractivity contribution is 5.95. The van der Waals surface area contributed by atoms with E-state index in [2.05, 4.69) is 10.1 Å². The molecule has 18 heavy (non-hydrogen) atoms. The molecule has 0 amide bonds. The number of rotatable bonds is 4. The zero-order valence-corrected chi connectivity index (χ0v) is 10.3. The van der Waals surface area contributed by atoms with Crippen molar-refractivity contribution in [3.05, 3.63) is 17.8 Å². The summed E-state index contributed by atoms with van der Waals surface area (Å²) in [6.07, 6.45) is 1.65. The van der Waals surface area contributed by atoms with Crippen LogP contribution in [0.2, 0.25) is 0 Å². The van der Waals surface area contributed by atoms with Gasteiger partial charge in [-0.15, -0.1) is 5.10 Å². The van der Waals surface area contributed by atoms with E-state index in [0.29, 0.717) is 24.4 Å². The van der Waals surface area contributed by atoms with Crippen LogP contribution in [0.5, 0.6) is 0 Å². The van der Waals surface area contributed by atoms with Crippen LogP contribution >= 0.6 is 0 Å². The topological polar surface area (TPSA) is 96.8 Å². The van der Waals surface area contributed by atoms with Crippen molar-refractivity contribution in [1.29, 1.82) is 0 Å². The lowest BCUT2D eigenvalue weighted by molar-refractivity contribution is 0.0697. The van der Waals surface area contributed by atoms with E-state index in [-0.39, 0.29) is 11.5 Å². The maximum atomic E-state index is 11.3. The van der Waals surface area contributed by atoms with Crippen LogP contribution in [-0.4, -0.2) is 38.8 Å². The first-order chi connectivity index (χ1) is 8.56. The lowest BCUT2D eigenvalue weighted by atomic mass is 10.2. The molecule has 0 radical (unpaired) electrons. The molecule has 2 aromatic rings. The average Bonchev–Trinajstić information content (AvgIpc) is 2.68. The van der Waals surface area contributed by atoms with Gasteiger partial charge in [-0.1, -0.05) is 0 Å². The first kappa shape index (κ1) is 12.2. The molecule has 0 bridgehead atoms. The zero-order chi connectivity index (χ0) is 13.3. The Kier molecular flexibility index (Phi) is 3.05. The quantitative estimate of drug-likeness (QED) is 0.834. The summed E-state index contributed by atoms with van der Waals surface area (Å²) in [7, 11) is 0. The lowest BCUT2D eigenvalue weighted by Crippen LogP contribution is -2.24. The van der Waals surface area contributed by atoms with Gasteiger partial charge in [0.05, 0.1) is 17.4 Å². The Morgan fingerprint density at radius 3 is 2.72 bits per heavy atom. The number of nitrogens with zero attached hydrogens (tertiary/aromatic N) is 4. The number of carboxylic acid groups (broad SMARTS) is 1. The largest absolute Gasteiger partial charge is 0.478 e. The fourth-order valence-corrected chi connectivity index (χ4v) is 1.92. The number of hydrogen-bond donors (Lipinski definition) is 2. The van der Waals surface area contributed by atoms with Crippen molar-refractivity contribution in [2.45, 2.75) is 13.8 Å². The number of aromatic carboxylic acids is 1. The molecular formula is C11H15N5O2. The van der Waals surface area contributed by atoms with Crippen LogP contribution in [-0.2, 0) is 0 Å². The number of carboxylic acids is 1. The molecule has 2 aromatic heterocycles. The molecule has 0 aliphatic heterocycles. The van der Waals surface area contributed by atoms with E-state index >= 15 is 0 Å². The van der Waals surface area contributed by atoms with Gasteiger partial charge in [0.2, 0.25) is 5.95 Å². The zero-order valence-electron chi connectivity index (χ0n) is 10.3. The Labute approximate surface area is 104 Å². The molecule has 0 aromatic carbocycles. The highest BCUT2D eigenvalue weighted by Crippen LogP contribution is 2.22. The van der Waals surface area contributed by atoms with E-state index in [1.54, 1.807) is 6.20 Å². The molecule has 96 valence electrons. The minimum absolute atomic E-state index is 0.128. The highest BCUT2D eigenvalue weighted by Gasteiger charge is 2.17. The van der Waals surface area contributed by atoms with E-state index in [9.17, 15) is 9.90 Å². The molecule has 0 fully saturated rings. The van der Waals surface area contributed by atoms with Gasteiger partial charge in [-0.05, 0) is 19.9 Å². The molecule has 0 unspecified atom stereocenters. The van der Waals surface area contributed by atoms with Crippen molar-refractivity contribution in [1.82, 2.24) is 14.6 Å². The Hall–Kier alpha value is -2.31. The molecule has 0 aliphatic carbocycles. The second-order valence-electron chi connectivity index (χ2n) is 3.82. The van der Waals surface area contributed by atoms with Gasteiger partial charge < -0.3 is 15.7 Å². The number of aromatic nitrogens is 3. The highest BCUT2D eigenvalue weighted by atomic mass is 16.4. The average molecular weight is 249 g/mol. The number of hydrogen-bond acceptors (Lipinski definition) is 5. The van der Waals surface area contributed by atoms with E-state index in [1.165, 1.54) is 10.6 Å². The number of anilines is 2. The summed E-state index contributed by atoms with van der Waals surface area (Å²) >= 11 is 0. The SMILES string of the molecule is CCN(CC)c1cn2nc(N)nc2cc1C(=O)O. The van der Waals surface area contributed by atoms with Crippen LogP contribution in [0, 0.1) is 0 Å². The molecule has 0 spiro atoms. The molecule has 3 N–H and O–H groups in total. The molecular weight excluding hydrogens is 234 g/mol. The molecule has 2 heterocycles. The summed E-state index contributed by atoms with van der Waals surface area (Å²) < 4.78 is 1.50. The standard InChI is InChI=1S/C11H15N5O2/c1-3-15(4-2)8-6-16-9(13-11(12)14-16)5-7(8)10(17)18/h5-6H,3-4H2,1-2H3,(H2,12,14)(H,17,18). The van der Waals surface area contributed by atoms with Gasteiger partial charge in [0, 0.05) is 13.1 Å². The normalized spacial score (nSPS) is 10.8. The Balaban J connectivity index is 2.67. The van der Waals surface area contributed by atoms with E-state index in [1.807, 2.05) is 18.7 Å². The molecule has 7 heteroatoms.